The monoisotopic (exact) mass is 875 g/mol. The van der Waals surface area contributed by atoms with Gasteiger partial charge in [0.15, 0.2) is 14.6 Å². The van der Waals surface area contributed by atoms with Crippen LogP contribution in [-0.4, -0.2) is 90.4 Å². The molecule has 1 saturated heterocycles. The Morgan fingerprint density at radius 3 is 1.76 bits per heavy atom. The van der Waals surface area contributed by atoms with Crippen LogP contribution < -0.4 is 0 Å². The van der Waals surface area contributed by atoms with E-state index in [4.69, 9.17) is 36.9 Å². The van der Waals surface area contributed by atoms with Crippen molar-refractivity contribution in [3.05, 3.63) is 37.5 Å². The number of ether oxygens (including phenoxy) is 4. The molecule has 0 aromatic rings. The SMILES string of the molecule is C=CCOP(=O)(OCC=C)O[C@H]1[C@H](OCC[C@@H](CCCCCCC)OC)[C@@H](OCCCCCCCCCCC=CCCCCCC)C(O)O[C@@H]1CO[Si](C)(C)C(C)(C)C. The van der Waals surface area contributed by atoms with Gasteiger partial charge in [-0.15, -0.1) is 13.2 Å². The predicted molar refractivity (Wildman–Crippen MR) is 247 cm³/mol. The Labute approximate surface area is 363 Å². The number of allylic oxidation sites excluding steroid dienone is 2. The zero-order valence-corrected chi connectivity index (χ0v) is 41.0. The number of phosphoric ester groups is 1. The van der Waals surface area contributed by atoms with E-state index in [0.717, 1.165) is 32.1 Å². The number of phosphoric acid groups is 1. The fraction of sp³-hybridized carbons (Fsp3) is 0.872. The Morgan fingerprint density at radius 2 is 1.22 bits per heavy atom. The van der Waals surface area contributed by atoms with Gasteiger partial charge in [0.25, 0.3) is 0 Å². The lowest BCUT2D eigenvalue weighted by Crippen LogP contribution is -2.62. The molecule has 0 bridgehead atoms. The van der Waals surface area contributed by atoms with Gasteiger partial charge in [-0.05, 0) is 63.1 Å². The molecule has 0 spiro atoms. The summed E-state index contributed by atoms with van der Waals surface area (Å²) in [5, 5.41) is 11.5. The molecule has 1 N–H and O–H groups in total. The minimum Gasteiger partial charge on any atom is -0.414 e. The summed E-state index contributed by atoms with van der Waals surface area (Å²) in [7, 11) is -4.73. The molecule has 0 amide bonds. The van der Waals surface area contributed by atoms with Gasteiger partial charge in [0.2, 0.25) is 0 Å². The third kappa shape index (κ3) is 25.3. The van der Waals surface area contributed by atoms with Crippen molar-refractivity contribution in [2.75, 3.05) is 40.1 Å². The first-order valence-electron chi connectivity index (χ1n) is 23.5. The van der Waals surface area contributed by atoms with Gasteiger partial charge in [-0.1, -0.05) is 149 Å². The van der Waals surface area contributed by atoms with Crippen LogP contribution in [0.3, 0.4) is 0 Å². The van der Waals surface area contributed by atoms with Crippen molar-refractivity contribution in [2.45, 2.75) is 224 Å². The predicted octanol–water partition coefficient (Wildman–Crippen LogP) is 13.2. The zero-order valence-electron chi connectivity index (χ0n) is 39.1. The van der Waals surface area contributed by atoms with Crippen molar-refractivity contribution >= 4 is 16.1 Å². The van der Waals surface area contributed by atoms with Crippen LogP contribution in [0.5, 0.6) is 0 Å². The third-order valence-corrected chi connectivity index (χ3v) is 17.6. The van der Waals surface area contributed by atoms with Gasteiger partial charge in [-0.2, -0.15) is 0 Å². The minimum atomic E-state index is -4.20. The summed E-state index contributed by atoms with van der Waals surface area (Å²) in [6, 6.07) is 0. The lowest BCUT2D eigenvalue weighted by molar-refractivity contribution is -0.301. The summed E-state index contributed by atoms with van der Waals surface area (Å²) in [4.78, 5) is 0. The molecular formula is C47H91O10PSi. The second-order valence-electron chi connectivity index (χ2n) is 17.8. The van der Waals surface area contributed by atoms with E-state index in [9.17, 15) is 9.67 Å². The van der Waals surface area contributed by atoms with Crippen LogP contribution in [0.4, 0.5) is 0 Å². The van der Waals surface area contributed by atoms with Crippen LogP contribution in [0.25, 0.3) is 0 Å². The van der Waals surface area contributed by atoms with E-state index in [1.54, 1.807) is 7.11 Å². The molecule has 12 heteroatoms. The highest BCUT2D eigenvalue weighted by molar-refractivity contribution is 7.48. The second kappa shape index (κ2) is 33.8. The molecule has 59 heavy (non-hydrogen) atoms. The van der Waals surface area contributed by atoms with E-state index < -0.39 is 46.8 Å². The van der Waals surface area contributed by atoms with Crippen LogP contribution >= 0.6 is 7.82 Å². The maximum atomic E-state index is 14.2. The Morgan fingerprint density at radius 1 is 0.712 bits per heavy atom. The Kier molecular flexibility index (Phi) is 32.3. The highest BCUT2D eigenvalue weighted by atomic mass is 31.2. The van der Waals surface area contributed by atoms with Gasteiger partial charge in [0.1, 0.15) is 24.4 Å². The summed E-state index contributed by atoms with van der Waals surface area (Å²) < 4.78 is 63.5. The molecular weight excluding hydrogens is 784 g/mol. The standard InChI is InChI=1S/C47H91O10PSi/c1-11-15-17-19-20-21-22-23-24-25-26-27-28-29-31-33-38-51-45-44(52-39-35-41(50-8)34-32-30-18-16-12-2)43(57-58(49,53-36-13-3)54-37-14-4)42(56-46(45)48)40-55-59(9,10)47(5,6)7/h13-14,21-22,41-46,48H,3-4,11-12,15-20,23-40H2,1-2,5-10H3/t41-,42-,43-,44+,45-,46?/m1/s1. The maximum absolute atomic E-state index is 14.2. The molecule has 0 radical (unpaired) electrons. The summed E-state index contributed by atoms with van der Waals surface area (Å²) in [6.45, 7) is 23.3. The fourth-order valence-electron chi connectivity index (χ4n) is 6.83. The molecule has 1 rings (SSSR count). The number of methoxy groups -OCH3 is 1. The quantitative estimate of drug-likeness (QED) is 0.0277. The highest BCUT2D eigenvalue weighted by Gasteiger charge is 2.52. The van der Waals surface area contributed by atoms with Crippen LogP contribution in [0.15, 0.2) is 37.5 Å². The van der Waals surface area contributed by atoms with Crippen molar-refractivity contribution < 1.29 is 46.6 Å². The van der Waals surface area contributed by atoms with Crippen LogP contribution in [0.1, 0.15) is 169 Å². The van der Waals surface area contributed by atoms with Crippen molar-refractivity contribution in [3.63, 3.8) is 0 Å². The summed E-state index contributed by atoms with van der Waals surface area (Å²) >= 11 is 0. The molecule has 1 unspecified atom stereocenters. The van der Waals surface area contributed by atoms with Crippen LogP contribution in [0, 0.1) is 0 Å². The van der Waals surface area contributed by atoms with Crippen molar-refractivity contribution in [2.24, 2.45) is 0 Å². The van der Waals surface area contributed by atoms with Gasteiger partial charge in [-0.3, -0.25) is 13.6 Å². The number of rotatable bonds is 39. The Bertz CT molecular complexity index is 1100. The first-order valence-corrected chi connectivity index (χ1v) is 27.8. The molecule has 6 atom stereocenters. The van der Waals surface area contributed by atoms with Crippen molar-refractivity contribution in [1.82, 2.24) is 0 Å². The lowest BCUT2D eigenvalue weighted by atomic mass is 9.98. The molecule has 1 aliphatic rings. The summed E-state index contributed by atoms with van der Waals surface area (Å²) in [5.74, 6) is 0. The molecule has 1 fully saturated rings. The van der Waals surface area contributed by atoms with Crippen molar-refractivity contribution in [3.8, 4) is 0 Å². The largest absolute Gasteiger partial charge is 0.475 e. The number of aliphatic hydroxyl groups excluding tert-OH is 1. The Hall–Kier alpha value is -0.693. The molecule has 0 aromatic heterocycles. The number of aliphatic hydroxyl groups is 1. The molecule has 0 aromatic carbocycles. The second-order valence-corrected chi connectivity index (χ2v) is 24.2. The molecule has 0 aliphatic carbocycles. The van der Waals surface area contributed by atoms with E-state index >= 15 is 0 Å². The number of unbranched alkanes of at least 4 members (excludes halogenated alkanes) is 16. The van der Waals surface area contributed by atoms with E-state index in [1.165, 1.54) is 108 Å². The minimum absolute atomic E-state index is 0.0118. The molecule has 1 heterocycles. The summed E-state index contributed by atoms with van der Waals surface area (Å²) in [5.41, 5.74) is 0. The molecule has 10 nitrogen and oxygen atoms in total. The third-order valence-electron chi connectivity index (χ3n) is 11.7. The lowest BCUT2D eigenvalue weighted by Gasteiger charge is -2.46. The van der Waals surface area contributed by atoms with Gasteiger partial charge in [0.05, 0.1) is 25.9 Å². The average Bonchev–Trinajstić information content (AvgIpc) is 3.20. The zero-order chi connectivity index (χ0) is 43.8. The smallest absolute Gasteiger partial charge is 0.414 e. The number of hydrogen-bond donors (Lipinski definition) is 1. The first-order chi connectivity index (χ1) is 28.3. The molecule has 0 saturated carbocycles. The van der Waals surface area contributed by atoms with Gasteiger partial charge >= 0.3 is 7.82 Å². The first kappa shape index (κ1) is 56.3. The average molecular weight is 875 g/mol. The van der Waals surface area contributed by atoms with Gasteiger partial charge < -0.3 is 28.5 Å². The van der Waals surface area contributed by atoms with Gasteiger partial charge in [-0.25, -0.2) is 4.57 Å². The van der Waals surface area contributed by atoms with E-state index in [2.05, 4.69) is 73.0 Å². The number of hydrogen-bond acceptors (Lipinski definition) is 10. The topological polar surface area (TPSA) is 111 Å². The van der Waals surface area contributed by atoms with E-state index in [-0.39, 0.29) is 31.0 Å². The van der Waals surface area contributed by atoms with E-state index in [1.807, 2.05) is 0 Å². The van der Waals surface area contributed by atoms with E-state index in [0.29, 0.717) is 19.6 Å². The van der Waals surface area contributed by atoms with Crippen molar-refractivity contribution in [1.29, 1.82) is 0 Å². The maximum Gasteiger partial charge on any atom is 0.475 e. The normalized spacial score (nSPS) is 21.0. The highest BCUT2D eigenvalue weighted by Crippen LogP contribution is 2.52. The molecule has 348 valence electrons. The van der Waals surface area contributed by atoms with Crippen LogP contribution in [0.2, 0.25) is 18.1 Å². The summed E-state index contributed by atoms with van der Waals surface area (Å²) in [6.07, 6.45) is 27.1. The molecule has 1 aliphatic heterocycles. The Balaban J connectivity index is 3.04. The van der Waals surface area contributed by atoms with Gasteiger partial charge in [0, 0.05) is 20.3 Å². The van der Waals surface area contributed by atoms with Crippen LogP contribution in [-0.2, 0) is 41.5 Å². The fourth-order valence-corrected chi connectivity index (χ4v) is 9.17.